The van der Waals surface area contributed by atoms with Crippen molar-refractivity contribution in [3.8, 4) is 11.5 Å². The average molecular weight is 456 g/mol. The molecule has 0 bridgehead atoms. The third-order valence-electron chi connectivity index (χ3n) is 1.39. The minimum absolute atomic E-state index is 0. The number of hydrogen-bond donors (Lipinski definition) is 2. The molecular weight excluding hydrogens is 409 g/mol. The van der Waals surface area contributed by atoms with Crippen LogP contribution in [0.3, 0.4) is 0 Å². The molecule has 2 aromatic carbocycles. The first-order valence-corrected chi connectivity index (χ1v) is 10.1. The summed E-state index contributed by atoms with van der Waals surface area (Å²) < 4.78 is 0. The summed E-state index contributed by atoms with van der Waals surface area (Å²) in [4.78, 5) is 0. The van der Waals surface area contributed by atoms with Crippen LogP contribution in [0.2, 0.25) is 0 Å². The first kappa shape index (κ1) is 45.1. The fraction of sp³-hybridized carbons (Fsp3) is 0.500. The summed E-state index contributed by atoms with van der Waals surface area (Å²) in [5.74, 6) is 0.394. The van der Waals surface area contributed by atoms with E-state index in [0.29, 0.717) is 0 Å². The second kappa shape index (κ2) is 63.9. The molecular formula is C24H46O2Y-2. The second-order valence-corrected chi connectivity index (χ2v) is 2.50. The smallest absolute Gasteiger partial charge is 0.00397 e. The minimum atomic E-state index is 0. The molecule has 0 spiro atoms. The molecule has 0 heterocycles. The van der Waals surface area contributed by atoms with Crippen molar-refractivity contribution in [1.82, 2.24) is 0 Å². The Balaban J connectivity index is -0.0000000376. The maximum absolute atomic E-state index is 8.58. The molecule has 0 aliphatic carbocycles. The van der Waals surface area contributed by atoms with Crippen LogP contribution in [0.5, 0.6) is 11.5 Å². The fourth-order valence-electron chi connectivity index (χ4n) is 0.768. The maximum Gasteiger partial charge on any atom is 0.00397 e. The van der Waals surface area contributed by atoms with Crippen LogP contribution < -0.4 is 0 Å². The Hall–Kier alpha value is -0.856. The van der Waals surface area contributed by atoms with Crippen molar-refractivity contribution in [1.29, 1.82) is 0 Å². The van der Waals surface area contributed by atoms with Gasteiger partial charge >= 0.3 is 0 Å². The van der Waals surface area contributed by atoms with E-state index >= 15 is 0 Å². The van der Waals surface area contributed by atoms with Crippen LogP contribution in [0.15, 0.2) is 48.5 Å². The summed E-state index contributed by atoms with van der Waals surface area (Å²) in [6, 6.07) is 18.8. The quantitative estimate of drug-likeness (QED) is 0.391. The van der Waals surface area contributed by atoms with Gasteiger partial charge in [-0.1, -0.05) is 83.1 Å². The first-order valence-electron chi connectivity index (χ1n) is 10.1. The zero-order valence-electron chi connectivity index (χ0n) is 20.1. The van der Waals surface area contributed by atoms with E-state index in [0.717, 1.165) is 0 Å². The average Bonchev–Trinajstić information content (AvgIpc) is 2.78. The van der Waals surface area contributed by atoms with E-state index < -0.39 is 0 Å². The maximum atomic E-state index is 8.58. The summed E-state index contributed by atoms with van der Waals surface area (Å²) in [5, 5.41) is 17.2. The fourth-order valence-corrected chi connectivity index (χ4v) is 0.768. The largest absolute Gasteiger partial charge is 0.534 e. The van der Waals surface area contributed by atoms with Gasteiger partial charge in [-0.3, -0.25) is 0 Å². The summed E-state index contributed by atoms with van der Waals surface area (Å²) in [5.41, 5.74) is 0. The molecule has 0 saturated carbocycles. The van der Waals surface area contributed by atoms with Gasteiger partial charge in [0.15, 0.2) is 0 Å². The molecule has 0 aliphatic heterocycles. The SMILES string of the molecule is CC.CC.CC.CC.CC.CC.Oc1[c-]cccc1.Oc1[c-]cccc1.[Y]. The molecule has 2 nitrogen and oxygen atoms in total. The number of hydrogen-bond acceptors (Lipinski definition) is 2. The molecule has 2 N–H and O–H groups in total. The second-order valence-electron chi connectivity index (χ2n) is 2.50. The molecule has 159 valence electrons. The van der Waals surface area contributed by atoms with Gasteiger partial charge in [0.1, 0.15) is 0 Å². The summed E-state index contributed by atoms with van der Waals surface area (Å²) >= 11 is 0. The zero-order chi connectivity index (χ0) is 22.2. The number of phenolic OH excluding ortho intramolecular Hbond substituents is 2. The molecule has 1 radical (unpaired) electrons. The van der Waals surface area contributed by atoms with Crippen LogP contribution in [0.25, 0.3) is 0 Å². The third-order valence-corrected chi connectivity index (χ3v) is 1.39. The van der Waals surface area contributed by atoms with Crippen molar-refractivity contribution >= 4 is 0 Å². The molecule has 27 heavy (non-hydrogen) atoms. The van der Waals surface area contributed by atoms with Gasteiger partial charge in [-0.2, -0.15) is 36.4 Å². The monoisotopic (exact) mass is 455 g/mol. The molecule has 0 atom stereocenters. The molecule has 0 fully saturated rings. The molecule has 0 amide bonds. The normalized spacial score (nSPS) is 5.78. The van der Waals surface area contributed by atoms with Crippen molar-refractivity contribution in [2.24, 2.45) is 0 Å². The first-order chi connectivity index (χ1) is 12.8. The van der Waals surface area contributed by atoms with Gasteiger partial charge in [0.05, 0.1) is 0 Å². The van der Waals surface area contributed by atoms with Gasteiger partial charge in [0, 0.05) is 44.2 Å². The predicted molar refractivity (Wildman–Crippen MR) is 122 cm³/mol. The summed E-state index contributed by atoms with van der Waals surface area (Å²) in [6.07, 6.45) is 0. The van der Waals surface area contributed by atoms with Crippen LogP contribution in [-0.2, 0) is 32.7 Å². The van der Waals surface area contributed by atoms with Gasteiger partial charge < -0.3 is 10.2 Å². The summed E-state index contributed by atoms with van der Waals surface area (Å²) in [6.45, 7) is 24.0. The van der Waals surface area contributed by atoms with Gasteiger partial charge in [-0.15, -0.1) is 24.3 Å². The Bertz CT molecular complexity index is 314. The van der Waals surface area contributed by atoms with Crippen LogP contribution in [-0.4, -0.2) is 10.2 Å². The Morgan fingerprint density at radius 2 is 0.704 bits per heavy atom. The Morgan fingerprint density at radius 1 is 0.481 bits per heavy atom. The zero-order valence-corrected chi connectivity index (χ0v) is 22.9. The van der Waals surface area contributed by atoms with Gasteiger partial charge in [0.25, 0.3) is 0 Å². The van der Waals surface area contributed by atoms with E-state index in [1.165, 1.54) is 0 Å². The number of benzene rings is 2. The van der Waals surface area contributed by atoms with E-state index in [-0.39, 0.29) is 44.2 Å². The predicted octanol–water partition coefficient (Wildman–Crippen LogP) is 8.54. The molecule has 0 unspecified atom stereocenters. The van der Waals surface area contributed by atoms with Crippen molar-refractivity contribution in [2.45, 2.75) is 83.1 Å². The van der Waals surface area contributed by atoms with E-state index in [4.69, 9.17) is 10.2 Å². The number of para-hydroxylation sites is 2. The molecule has 2 rings (SSSR count). The molecule has 0 aliphatic rings. The number of phenols is 2. The summed E-state index contributed by atoms with van der Waals surface area (Å²) in [7, 11) is 0. The topological polar surface area (TPSA) is 40.5 Å². The van der Waals surface area contributed by atoms with Gasteiger partial charge in [-0.05, 0) is 0 Å². The van der Waals surface area contributed by atoms with E-state index in [2.05, 4.69) is 12.1 Å². The molecule has 0 aromatic heterocycles. The van der Waals surface area contributed by atoms with Crippen LogP contribution in [0, 0.1) is 12.1 Å². The third kappa shape index (κ3) is 58.7. The standard InChI is InChI=1S/2C6H5O.6C2H6.Y/c2*7-6-4-2-1-3-5-6;6*1-2;/h2*1-4,7H;6*1-2H3;/q2*-1;;;;;;;. The minimum Gasteiger partial charge on any atom is -0.534 e. The van der Waals surface area contributed by atoms with Crippen LogP contribution >= 0.6 is 0 Å². The number of rotatable bonds is 0. The van der Waals surface area contributed by atoms with Gasteiger partial charge in [-0.25, -0.2) is 0 Å². The van der Waals surface area contributed by atoms with Gasteiger partial charge in [0.2, 0.25) is 0 Å². The van der Waals surface area contributed by atoms with Crippen molar-refractivity contribution < 1.29 is 42.9 Å². The van der Waals surface area contributed by atoms with Crippen molar-refractivity contribution in [2.75, 3.05) is 0 Å². The molecule has 3 heteroatoms. The van der Waals surface area contributed by atoms with E-state index in [1.807, 2.05) is 83.1 Å². The van der Waals surface area contributed by atoms with Crippen molar-refractivity contribution in [3.63, 3.8) is 0 Å². The molecule has 2 aromatic rings. The Morgan fingerprint density at radius 3 is 0.778 bits per heavy atom. The number of aromatic hydroxyl groups is 2. The Kier molecular flexibility index (Phi) is 107. The van der Waals surface area contributed by atoms with E-state index in [1.54, 1.807) is 48.5 Å². The van der Waals surface area contributed by atoms with E-state index in [9.17, 15) is 0 Å². The van der Waals surface area contributed by atoms with Crippen LogP contribution in [0.4, 0.5) is 0 Å². The van der Waals surface area contributed by atoms with Crippen LogP contribution in [0.1, 0.15) is 83.1 Å². The molecule has 0 saturated heterocycles. The van der Waals surface area contributed by atoms with Crippen molar-refractivity contribution in [3.05, 3.63) is 60.7 Å². The Labute approximate surface area is 197 Å².